The van der Waals surface area contributed by atoms with E-state index in [9.17, 15) is 9.18 Å². The molecule has 5 nitrogen and oxygen atoms in total. The number of carbonyl (C=O) groups excluding carboxylic acids is 1. The van der Waals surface area contributed by atoms with E-state index in [1.54, 1.807) is 23.5 Å². The van der Waals surface area contributed by atoms with Gasteiger partial charge in [0, 0.05) is 18.0 Å². The Morgan fingerprint density at radius 3 is 2.72 bits per heavy atom. The molecule has 0 spiro atoms. The van der Waals surface area contributed by atoms with Gasteiger partial charge in [-0.1, -0.05) is 30.3 Å². The topological polar surface area (TPSA) is 59.0 Å². The van der Waals surface area contributed by atoms with E-state index in [0.717, 1.165) is 34.4 Å². The van der Waals surface area contributed by atoms with E-state index in [-0.39, 0.29) is 17.9 Å². The zero-order valence-corrected chi connectivity index (χ0v) is 16.5. The van der Waals surface area contributed by atoms with Crippen LogP contribution in [0.3, 0.4) is 0 Å². The highest BCUT2D eigenvalue weighted by Gasteiger charge is 2.17. The van der Waals surface area contributed by atoms with Gasteiger partial charge in [-0.15, -0.1) is 11.3 Å². The molecule has 2 aromatic carbocycles. The Morgan fingerprint density at radius 2 is 1.93 bits per heavy atom. The molecule has 0 fully saturated rings. The third kappa shape index (κ3) is 4.63. The number of amides is 2. The molecule has 2 aromatic heterocycles. The average Bonchev–Trinajstić information content (AvgIpc) is 3.41. The second-order valence-electron chi connectivity index (χ2n) is 6.68. The quantitative estimate of drug-likeness (QED) is 0.435. The molecule has 4 aromatic rings. The van der Waals surface area contributed by atoms with Gasteiger partial charge in [-0.2, -0.15) is 0 Å². The first-order valence-corrected chi connectivity index (χ1v) is 10.3. The lowest BCUT2D eigenvalue weighted by molar-refractivity contribution is 0.238. The van der Waals surface area contributed by atoms with Crippen LogP contribution in [-0.2, 0) is 6.54 Å². The molecule has 148 valence electrons. The van der Waals surface area contributed by atoms with Crippen LogP contribution in [0.2, 0.25) is 0 Å². The zero-order chi connectivity index (χ0) is 20.1. The number of halogens is 1. The average molecular weight is 409 g/mol. The van der Waals surface area contributed by atoms with Crippen molar-refractivity contribution in [3.8, 4) is 0 Å². The highest BCUT2D eigenvalue weighted by Crippen LogP contribution is 2.26. The molecular weight excluding hydrogens is 387 g/mol. The lowest BCUT2D eigenvalue weighted by atomic mass is 10.1. The summed E-state index contributed by atoms with van der Waals surface area (Å²) in [6, 6.07) is 17.5. The predicted molar refractivity (Wildman–Crippen MR) is 113 cm³/mol. The molecule has 0 saturated heterocycles. The lowest BCUT2D eigenvalue weighted by Crippen LogP contribution is -2.38. The van der Waals surface area contributed by atoms with Crippen molar-refractivity contribution in [3.05, 3.63) is 88.6 Å². The highest BCUT2D eigenvalue weighted by molar-refractivity contribution is 7.10. The van der Waals surface area contributed by atoms with E-state index in [1.165, 1.54) is 12.1 Å². The van der Waals surface area contributed by atoms with Crippen LogP contribution < -0.4 is 10.6 Å². The number of nitrogens with zero attached hydrogens (tertiary/aromatic N) is 2. The fourth-order valence-electron chi connectivity index (χ4n) is 3.25. The normalized spacial score (nSPS) is 12.0. The second kappa shape index (κ2) is 8.87. The standard InChI is InChI=1S/C22H21FN4OS/c23-17-10-8-16(9-11-17)21(20-7-3-14-29-20)26-22(28)24-12-4-13-27-15-25-18-5-1-2-6-19(18)27/h1-3,5-11,14-15,21H,4,12-13H2,(H2,24,26,28)/t21-/m0/s1. The van der Waals surface area contributed by atoms with Crippen LogP contribution in [0.5, 0.6) is 0 Å². The van der Waals surface area contributed by atoms with Crippen LogP contribution in [0, 0.1) is 5.82 Å². The van der Waals surface area contributed by atoms with E-state index in [4.69, 9.17) is 0 Å². The van der Waals surface area contributed by atoms with Crippen molar-refractivity contribution in [2.75, 3.05) is 6.54 Å². The number of hydrogen-bond acceptors (Lipinski definition) is 3. The maximum Gasteiger partial charge on any atom is 0.315 e. The van der Waals surface area contributed by atoms with Crippen molar-refractivity contribution in [2.24, 2.45) is 0 Å². The van der Waals surface area contributed by atoms with E-state index in [2.05, 4.69) is 20.2 Å². The van der Waals surface area contributed by atoms with E-state index < -0.39 is 0 Å². The minimum Gasteiger partial charge on any atom is -0.338 e. The number of aromatic nitrogens is 2. The number of thiophene rings is 1. The van der Waals surface area contributed by atoms with Crippen molar-refractivity contribution < 1.29 is 9.18 Å². The summed E-state index contributed by atoms with van der Waals surface area (Å²) < 4.78 is 15.4. The van der Waals surface area contributed by atoms with Crippen LogP contribution >= 0.6 is 11.3 Å². The molecule has 0 aliphatic rings. The summed E-state index contributed by atoms with van der Waals surface area (Å²) in [4.78, 5) is 17.8. The zero-order valence-electron chi connectivity index (χ0n) is 15.7. The Labute approximate surface area is 172 Å². The fourth-order valence-corrected chi connectivity index (χ4v) is 4.05. The SMILES string of the molecule is O=C(NCCCn1cnc2ccccc21)N[C@@H](c1ccc(F)cc1)c1cccs1. The van der Waals surface area contributed by atoms with Crippen LogP contribution in [0.1, 0.15) is 22.9 Å². The maximum atomic E-state index is 13.3. The largest absolute Gasteiger partial charge is 0.338 e. The van der Waals surface area contributed by atoms with Gasteiger partial charge >= 0.3 is 6.03 Å². The summed E-state index contributed by atoms with van der Waals surface area (Å²) >= 11 is 1.55. The van der Waals surface area contributed by atoms with Crippen molar-refractivity contribution in [1.82, 2.24) is 20.2 Å². The minimum absolute atomic E-state index is 0.247. The summed E-state index contributed by atoms with van der Waals surface area (Å²) in [7, 11) is 0. The van der Waals surface area contributed by atoms with Crippen molar-refractivity contribution in [2.45, 2.75) is 19.0 Å². The smallest absolute Gasteiger partial charge is 0.315 e. The third-order valence-electron chi connectivity index (χ3n) is 4.70. The van der Waals surface area contributed by atoms with Crippen LogP contribution in [0.4, 0.5) is 9.18 Å². The number of urea groups is 1. The summed E-state index contributed by atoms with van der Waals surface area (Å²) in [5, 5.41) is 7.87. The van der Waals surface area contributed by atoms with Gasteiger partial charge in [0.05, 0.1) is 23.4 Å². The summed E-state index contributed by atoms with van der Waals surface area (Å²) in [6.07, 6.45) is 2.61. The number of aryl methyl sites for hydroxylation is 1. The lowest BCUT2D eigenvalue weighted by Gasteiger charge is -2.18. The molecule has 0 unspecified atom stereocenters. The van der Waals surface area contributed by atoms with Gasteiger partial charge in [-0.05, 0) is 47.7 Å². The Bertz CT molecular complexity index is 1080. The Hall–Kier alpha value is -3.19. The third-order valence-corrected chi connectivity index (χ3v) is 5.63. The molecule has 2 N–H and O–H groups in total. The van der Waals surface area contributed by atoms with E-state index in [0.29, 0.717) is 6.54 Å². The fraction of sp³-hybridized carbons (Fsp3) is 0.182. The molecule has 0 radical (unpaired) electrons. The van der Waals surface area contributed by atoms with E-state index in [1.807, 2.05) is 48.1 Å². The number of para-hydroxylation sites is 2. The number of nitrogens with one attached hydrogen (secondary N) is 2. The second-order valence-corrected chi connectivity index (χ2v) is 7.66. The summed E-state index contributed by atoms with van der Waals surface area (Å²) in [5.74, 6) is -0.296. The molecule has 29 heavy (non-hydrogen) atoms. The first-order valence-electron chi connectivity index (χ1n) is 9.44. The first-order chi connectivity index (χ1) is 14.2. The molecule has 0 bridgehead atoms. The number of benzene rings is 2. The van der Waals surface area contributed by atoms with Crippen molar-refractivity contribution >= 4 is 28.4 Å². The van der Waals surface area contributed by atoms with Gasteiger partial charge in [0.25, 0.3) is 0 Å². The van der Waals surface area contributed by atoms with Gasteiger partial charge < -0.3 is 15.2 Å². The predicted octanol–water partition coefficient (Wildman–Crippen LogP) is 4.72. The minimum atomic E-state index is -0.312. The Kier molecular flexibility index (Phi) is 5.86. The molecule has 0 saturated carbocycles. The number of imidazole rings is 1. The van der Waals surface area contributed by atoms with Gasteiger partial charge in [0.15, 0.2) is 0 Å². The number of carbonyl (C=O) groups is 1. The van der Waals surface area contributed by atoms with Crippen LogP contribution in [0.25, 0.3) is 11.0 Å². The summed E-state index contributed by atoms with van der Waals surface area (Å²) in [5.41, 5.74) is 2.90. The monoisotopic (exact) mass is 408 g/mol. The number of fused-ring (bicyclic) bond motifs is 1. The van der Waals surface area contributed by atoms with Gasteiger partial charge in [-0.3, -0.25) is 0 Å². The molecular formula is C22H21FN4OS. The van der Waals surface area contributed by atoms with Crippen LogP contribution in [-0.4, -0.2) is 22.1 Å². The molecule has 4 rings (SSSR count). The highest BCUT2D eigenvalue weighted by atomic mass is 32.1. The van der Waals surface area contributed by atoms with Gasteiger partial charge in [0.1, 0.15) is 5.82 Å². The van der Waals surface area contributed by atoms with Crippen molar-refractivity contribution in [1.29, 1.82) is 0 Å². The van der Waals surface area contributed by atoms with Crippen molar-refractivity contribution in [3.63, 3.8) is 0 Å². The van der Waals surface area contributed by atoms with E-state index >= 15 is 0 Å². The first kappa shape index (κ1) is 19.1. The maximum absolute atomic E-state index is 13.3. The summed E-state index contributed by atoms with van der Waals surface area (Å²) in [6.45, 7) is 1.31. The Morgan fingerprint density at radius 1 is 1.10 bits per heavy atom. The molecule has 7 heteroatoms. The molecule has 2 heterocycles. The number of rotatable bonds is 7. The molecule has 0 aliphatic heterocycles. The Balaban J connectivity index is 1.33. The molecule has 0 aliphatic carbocycles. The van der Waals surface area contributed by atoms with Gasteiger partial charge in [0.2, 0.25) is 0 Å². The molecule has 1 atom stereocenters. The van der Waals surface area contributed by atoms with Crippen LogP contribution in [0.15, 0.2) is 72.4 Å². The number of hydrogen-bond donors (Lipinski definition) is 2. The van der Waals surface area contributed by atoms with Gasteiger partial charge in [-0.25, -0.2) is 14.2 Å². The molecule has 2 amide bonds.